The number of hydrogen-bond donors (Lipinski definition) is 0. The molecule has 0 aromatic heterocycles. The van der Waals surface area contributed by atoms with Crippen LogP contribution in [0.2, 0.25) is 0 Å². The zero-order chi connectivity index (χ0) is 13.6. The van der Waals surface area contributed by atoms with Gasteiger partial charge < -0.3 is 9.05 Å². The standard InChI is InChI=1S/C10H24O2P2S4/c1-5-11-13(15-7-3)17-9-10-18-14(12-6-2)16-8-4/h5-10H2,1-4H3. The van der Waals surface area contributed by atoms with Gasteiger partial charge in [0.15, 0.2) is 13.1 Å². The molecule has 0 saturated heterocycles. The summed E-state index contributed by atoms with van der Waals surface area (Å²) in [6, 6.07) is 0. The third kappa shape index (κ3) is 12.0. The fraction of sp³-hybridized carbons (Fsp3) is 1.00. The average Bonchev–Trinajstić information content (AvgIpc) is 2.35. The highest BCUT2D eigenvalue weighted by atomic mass is 33.1. The molecule has 2 atom stereocenters. The molecule has 0 aliphatic rings. The topological polar surface area (TPSA) is 18.5 Å². The molecule has 0 bridgehead atoms. The molecule has 0 spiro atoms. The zero-order valence-electron chi connectivity index (χ0n) is 11.6. The Morgan fingerprint density at radius 3 is 1.33 bits per heavy atom. The van der Waals surface area contributed by atoms with Crippen LogP contribution in [0.15, 0.2) is 0 Å². The molecule has 0 amide bonds. The molecule has 0 aliphatic heterocycles. The highest BCUT2D eigenvalue weighted by Crippen LogP contribution is 2.64. The Bertz CT molecular complexity index is 150. The van der Waals surface area contributed by atoms with Gasteiger partial charge in [0.25, 0.3) is 0 Å². The molecule has 0 heterocycles. The monoisotopic (exact) mass is 366 g/mol. The van der Waals surface area contributed by atoms with Gasteiger partial charge in [-0.1, -0.05) is 59.4 Å². The summed E-state index contributed by atoms with van der Waals surface area (Å²) in [5, 5.41) is 0. The van der Waals surface area contributed by atoms with Crippen LogP contribution in [0.1, 0.15) is 27.7 Å². The Kier molecular flexibility index (Phi) is 17.5. The van der Waals surface area contributed by atoms with E-state index in [1.165, 1.54) is 11.5 Å². The molecule has 0 aromatic carbocycles. The third-order valence-electron chi connectivity index (χ3n) is 1.41. The largest absolute Gasteiger partial charge is 0.339 e. The van der Waals surface area contributed by atoms with E-state index in [0.717, 1.165) is 24.7 Å². The Balaban J connectivity index is 3.66. The van der Waals surface area contributed by atoms with E-state index >= 15 is 0 Å². The highest BCUT2D eigenvalue weighted by molar-refractivity contribution is 8.88. The van der Waals surface area contributed by atoms with Crippen LogP contribution in [0.5, 0.6) is 0 Å². The molecule has 0 aromatic rings. The molecule has 8 heteroatoms. The van der Waals surface area contributed by atoms with E-state index in [1.807, 2.05) is 45.5 Å². The minimum Gasteiger partial charge on any atom is -0.339 e. The smallest absolute Gasteiger partial charge is 0.151 e. The van der Waals surface area contributed by atoms with Gasteiger partial charge in [0.2, 0.25) is 0 Å². The SMILES string of the molecule is CCOP(SCC)SCCSP(OCC)SCC. The lowest BCUT2D eigenvalue weighted by Crippen LogP contribution is -1.86. The molecular formula is C10H24O2P2S4. The first-order chi connectivity index (χ1) is 8.78. The summed E-state index contributed by atoms with van der Waals surface area (Å²) in [5.41, 5.74) is 0. The predicted octanol–water partition coefficient (Wildman–Crippen LogP) is 6.49. The van der Waals surface area contributed by atoms with Crippen LogP contribution in [0.25, 0.3) is 0 Å². The second-order valence-electron chi connectivity index (χ2n) is 2.78. The second kappa shape index (κ2) is 15.6. The summed E-state index contributed by atoms with van der Waals surface area (Å²) in [6.07, 6.45) is 0. The van der Waals surface area contributed by atoms with Gasteiger partial charge in [0.05, 0.1) is 13.2 Å². The van der Waals surface area contributed by atoms with Crippen molar-refractivity contribution in [3.8, 4) is 0 Å². The Labute approximate surface area is 131 Å². The first kappa shape index (κ1) is 20.2. The van der Waals surface area contributed by atoms with E-state index in [9.17, 15) is 0 Å². The summed E-state index contributed by atoms with van der Waals surface area (Å²) in [7, 11) is 0. The zero-order valence-corrected chi connectivity index (χ0v) is 16.6. The minimum absolute atomic E-state index is 0.328. The molecule has 0 N–H and O–H groups in total. The summed E-state index contributed by atoms with van der Waals surface area (Å²) in [4.78, 5) is 0. The van der Waals surface area contributed by atoms with Crippen LogP contribution in [-0.4, -0.2) is 36.2 Å². The van der Waals surface area contributed by atoms with E-state index in [1.54, 1.807) is 0 Å². The van der Waals surface area contributed by atoms with Gasteiger partial charge in [-0.25, -0.2) is 0 Å². The van der Waals surface area contributed by atoms with Crippen LogP contribution in [0.3, 0.4) is 0 Å². The van der Waals surface area contributed by atoms with Crippen LogP contribution >= 0.6 is 58.6 Å². The van der Waals surface area contributed by atoms with Crippen LogP contribution < -0.4 is 0 Å². The third-order valence-corrected chi connectivity index (χ3v) is 15.0. The first-order valence-electron chi connectivity index (χ1n) is 6.16. The number of rotatable bonds is 13. The van der Waals surface area contributed by atoms with E-state index < -0.39 is 0 Å². The molecule has 2 nitrogen and oxygen atoms in total. The molecule has 0 radical (unpaired) electrons. The van der Waals surface area contributed by atoms with Crippen molar-refractivity contribution in [2.75, 3.05) is 36.2 Å². The van der Waals surface area contributed by atoms with Crippen molar-refractivity contribution in [2.45, 2.75) is 27.7 Å². The first-order valence-corrected chi connectivity index (χ1v) is 15.0. The summed E-state index contributed by atoms with van der Waals surface area (Å²) >= 11 is 7.85. The lowest BCUT2D eigenvalue weighted by molar-refractivity contribution is 0.394. The van der Waals surface area contributed by atoms with Crippen molar-refractivity contribution in [1.82, 2.24) is 0 Å². The fourth-order valence-corrected chi connectivity index (χ4v) is 13.7. The minimum atomic E-state index is -0.328. The van der Waals surface area contributed by atoms with Gasteiger partial charge in [-0.3, -0.25) is 0 Å². The molecular weight excluding hydrogens is 342 g/mol. The van der Waals surface area contributed by atoms with Gasteiger partial charge in [0, 0.05) is 11.5 Å². The maximum absolute atomic E-state index is 5.73. The maximum Gasteiger partial charge on any atom is 0.151 e. The molecule has 0 aliphatic carbocycles. The van der Waals surface area contributed by atoms with Gasteiger partial charge in [-0.15, -0.1) is 0 Å². The van der Waals surface area contributed by atoms with E-state index in [2.05, 4.69) is 27.7 Å². The Morgan fingerprint density at radius 1 is 0.667 bits per heavy atom. The van der Waals surface area contributed by atoms with E-state index in [4.69, 9.17) is 9.05 Å². The maximum atomic E-state index is 5.73. The molecule has 18 heavy (non-hydrogen) atoms. The van der Waals surface area contributed by atoms with Gasteiger partial charge in [0.1, 0.15) is 0 Å². The molecule has 110 valence electrons. The van der Waals surface area contributed by atoms with Gasteiger partial charge >= 0.3 is 0 Å². The van der Waals surface area contributed by atoms with Crippen molar-refractivity contribution < 1.29 is 9.05 Å². The summed E-state index contributed by atoms with van der Waals surface area (Å²) < 4.78 is 11.5. The van der Waals surface area contributed by atoms with Gasteiger partial charge in [-0.05, 0) is 25.4 Å². The lowest BCUT2D eigenvalue weighted by atomic mass is 10.9. The Hall–Kier alpha value is 2.18. The molecule has 0 saturated carbocycles. The molecule has 0 rings (SSSR count). The van der Waals surface area contributed by atoms with Crippen molar-refractivity contribution in [1.29, 1.82) is 0 Å². The van der Waals surface area contributed by atoms with E-state index in [0.29, 0.717) is 0 Å². The summed E-state index contributed by atoms with van der Waals surface area (Å²) in [5.74, 6) is 4.62. The quantitative estimate of drug-likeness (QED) is 0.272. The fourth-order valence-electron chi connectivity index (χ4n) is 0.869. The van der Waals surface area contributed by atoms with Crippen LogP contribution in [-0.2, 0) is 9.05 Å². The molecule has 2 unspecified atom stereocenters. The predicted molar refractivity (Wildman–Crippen MR) is 98.3 cm³/mol. The Morgan fingerprint density at radius 2 is 1.06 bits per heavy atom. The highest BCUT2D eigenvalue weighted by Gasteiger charge is 2.12. The van der Waals surface area contributed by atoms with Crippen molar-refractivity contribution in [2.24, 2.45) is 0 Å². The van der Waals surface area contributed by atoms with E-state index in [-0.39, 0.29) is 13.1 Å². The van der Waals surface area contributed by atoms with Crippen LogP contribution in [0, 0.1) is 0 Å². The average molecular weight is 367 g/mol. The van der Waals surface area contributed by atoms with Gasteiger partial charge in [-0.2, -0.15) is 0 Å². The lowest BCUT2D eigenvalue weighted by Gasteiger charge is -2.16. The van der Waals surface area contributed by atoms with Crippen molar-refractivity contribution in [3.63, 3.8) is 0 Å². The molecule has 0 fully saturated rings. The van der Waals surface area contributed by atoms with Crippen molar-refractivity contribution in [3.05, 3.63) is 0 Å². The van der Waals surface area contributed by atoms with Crippen molar-refractivity contribution >= 4 is 58.6 Å². The van der Waals surface area contributed by atoms with Crippen LogP contribution in [0.4, 0.5) is 0 Å². The normalized spacial score (nSPS) is 14.7. The summed E-state index contributed by atoms with van der Waals surface area (Å²) in [6.45, 7) is 9.55. The second-order valence-corrected chi connectivity index (χ2v) is 15.7. The number of hydrogen-bond acceptors (Lipinski definition) is 6.